The van der Waals surface area contributed by atoms with Gasteiger partial charge in [-0.15, -0.1) is 0 Å². The molecule has 8 heteroatoms. The minimum absolute atomic E-state index is 0.0289. The van der Waals surface area contributed by atoms with Crippen molar-refractivity contribution in [2.24, 2.45) is 5.73 Å². The van der Waals surface area contributed by atoms with Crippen molar-refractivity contribution in [3.05, 3.63) is 0 Å². The third-order valence-corrected chi connectivity index (χ3v) is 1.19. The molecule has 1 atom stereocenters. The average molecular weight is 215 g/mol. The maximum absolute atomic E-state index is 9.57. The van der Waals surface area contributed by atoms with Gasteiger partial charge in [-0.05, 0) is 13.8 Å². The van der Waals surface area contributed by atoms with Gasteiger partial charge in [-0.3, -0.25) is 9.35 Å². The molecule has 0 aromatic heterocycles. The van der Waals surface area contributed by atoms with Crippen LogP contribution in [0.1, 0.15) is 13.8 Å². The van der Waals surface area contributed by atoms with Crippen molar-refractivity contribution in [2.75, 3.05) is 6.61 Å². The summed E-state index contributed by atoms with van der Waals surface area (Å²) in [7, 11) is -4.17. The molecule has 0 rings (SSSR count). The average Bonchev–Trinajstić information content (AvgIpc) is 1.85. The standard InChI is InChI=1S/C3H7NO2.C2H6O4S/c1-2(4)3(5)6;1-2-6-7(3,4)5/h2H,4H2,1H3,(H,5,6);2H2,1H3,(H,3,4,5)/t2-;/m0./s1. The third-order valence-electron chi connectivity index (χ3n) is 0.656. The molecule has 0 aromatic carbocycles. The Hall–Kier alpha value is -0.700. The minimum atomic E-state index is -4.17. The van der Waals surface area contributed by atoms with E-state index in [1.54, 1.807) is 0 Å². The predicted octanol–water partition coefficient (Wildman–Crippen LogP) is -0.756. The Bertz CT molecular complexity index is 233. The molecule has 13 heavy (non-hydrogen) atoms. The van der Waals surface area contributed by atoms with E-state index < -0.39 is 22.4 Å². The summed E-state index contributed by atoms with van der Waals surface area (Å²) in [6, 6.07) is -0.731. The molecule has 0 aliphatic heterocycles. The first kappa shape index (κ1) is 14.8. The topological polar surface area (TPSA) is 127 Å². The van der Waals surface area contributed by atoms with E-state index in [2.05, 4.69) is 4.18 Å². The molecular weight excluding hydrogens is 202 g/mol. The Balaban J connectivity index is 0. The molecule has 7 nitrogen and oxygen atoms in total. The molecule has 0 aliphatic rings. The molecule has 0 amide bonds. The largest absolute Gasteiger partial charge is 0.480 e. The third kappa shape index (κ3) is 18.3. The fourth-order valence-corrected chi connectivity index (χ4v) is 0.447. The first-order valence-corrected chi connectivity index (χ1v) is 4.67. The number of hydrogen-bond acceptors (Lipinski definition) is 5. The van der Waals surface area contributed by atoms with Crippen LogP contribution >= 0.6 is 0 Å². The lowest BCUT2D eigenvalue weighted by atomic mass is 10.4. The first-order chi connectivity index (χ1) is 5.70. The summed E-state index contributed by atoms with van der Waals surface area (Å²) < 4.78 is 30.7. The highest BCUT2D eigenvalue weighted by molar-refractivity contribution is 7.80. The number of carboxylic acids is 1. The number of rotatable bonds is 3. The van der Waals surface area contributed by atoms with E-state index in [4.69, 9.17) is 15.4 Å². The van der Waals surface area contributed by atoms with Gasteiger partial charge in [-0.1, -0.05) is 0 Å². The zero-order valence-electron chi connectivity index (χ0n) is 7.30. The Morgan fingerprint density at radius 3 is 1.92 bits per heavy atom. The molecule has 0 aromatic rings. The second-order valence-corrected chi connectivity index (χ2v) is 3.05. The summed E-state index contributed by atoms with van der Waals surface area (Å²) >= 11 is 0. The van der Waals surface area contributed by atoms with Crippen LogP contribution < -0.4 is 5.73 Å². The molecule has 0 aliphatic carbocycles. The summed E-state index contributed by atoms with van der Waals surface area (Å²) in [5.74, 6) is -0.963. The van der Waals surface area contributed by atoms with Crippen molar-refractivity contribution in [1.29, 1.82) is 0 Å². The van der Waals surface area contributed by atoms with Crippen LogP contribution in [0.5, 0.6) is 0 Å². The number of carboxylic acid groups (broad SMARTS) is 1. The van der Waals surface area contributed by atoms with Gasteiger partial charge in [-0.2, -0.15) is 8.42 Å². The van der Waals surface area contributed by atoms with Gasteiger partial charge in [-0.25, -0.2) is 4.18 Å². The van der Waals surface area contributed by atoms with E-state index in [0.717, 1.165) is 0 Å². The number of nitrogens with two attached hydrogens (primary N) is 1. The number of carbonyl (C=O) groups is 1. The molecular formula is C5H13NO6S. The maximum Gasteiger partial charge on any atom is 0.397 e. The van der Waals surface area contributed by atoms with Crippen LogP contribution in [-0.4, -0.2) is 36.7 Å². The van der Waals surface area contributed by atoms with Crippen molar-refractivity contribution in [3.8, 4) is 0 Å². The van der Waals surface area contributed by atoms with Gasteiger partial charge in [0, 0.05) is 0 Å². The lowest BCUT2D eigenvalue weighted by Crippen LogP contribution is -2.25. The molecule has 0 heterocycles. The fraction of sp³-hybridized carbons (Fsp3) is 0.800. The highest BCUT2D eigenvalue weighted by atomic mass is 32.3. The molecule has 0 saturated carbocycles. The molecule has 4 N–H and O–H groups in total. The quantitative estimate of drug-likeness (QED) is 0.528. The molecule has 0 unspecified atom stereocenters. The molecule has 80 valence electrons. The summed E-state index contributed by atoms with van der Waals surface area (Å²) in [6.45, 7) is 2.86. The Morgan fingerprint density at radius 1 is 1.62 bits per heavy atom. The molecule has 0 spiro atoms. The van der Waals surface area contributed by atoms with E-state index in [0.29, 0.717) is 0 Å². The minimum Gasteiger partial charge on any atom is -0.480 e. The Kier molecular flexibility index (Phi) is 7.72. The van der Waals surface area contributed by atoms with Crippen LogP contribution in [0, 0.1) is 0 Å². The van der Waals surface area contributed by atoms with E-state index in [-0.39, 0.29) is 6.61 Å². The van der Waals surface area contributed by atoms with Crippen molar-refractivity contribution in [1.82, 2.24) is 0 Å². The lowest BCUT2D eigenvalue weighted by molar-refractivity contribution is -0.138. The van der Waals surface area contributed by atoms with Crippen LogP contribution in [0.4, 0.5) is 0 Å². The molecule has 0 bridgehead atoms. The zero-order chi connectivity index (χ0) is 11.1. The molecule has 0 saturated heterocycles. The van der Waals surface area contributed by atoms with Crippen molar-refractivity contribution >= 4 is 16.4 Å². The van der Waals surface area contributed by atoms with Crippen LogP contribution in [0.3, 0.4) is 0 Å². The highest BCUT2D eigenvalue weighted by Gasteiger charge is 1.99. The zero-order valence-corrected chi connectivity index (χ0v) is 8.11. The number of hydrogen-bond donors (Lipinski definition) is 3. The summed E-state index contributed by atoms with van der Waals surface area (Å²) in [4.78, 5) is 9.57. The van der Waals surface area contributed by atoms with Crippen LogP contribution in [0.15, 0.2) is 0 Å². The lowest BCUT2D eigenvalue weighted by Gasteiger charge is -1.90. The van der Waals surface area contributed by atoms with E-state index in [1.165, 1.54) is 13.8 Å². The van der Waals surface area contributed by atoms with Crippen molar-refractivity contribution < 1.29 is 27.1 Å². The van der Waals surface area contributed by atoms with Gasteiger partial charge in [0.1, 0.15) is 6.04 Å². The molecule has 0 fully saturated rings. The highest BCUT2D eigenvalue weighted by Crippen LogP contribution is 1.81. The van der Waals surface area contributed by atoms with Crippen molar-refractivity contribution in [3.63, 3.8) is 0 Å². The monoisotopic (exact) mass is 215 g/mol. The second kappa shape index (κ2) is 6.78. The van der Waals surface area contributed by atoms with E-state index >= 15 is 0 Å². The Labute approximate surface area is 76.5 Å². The molecule has 0 radical (unpaired) electrons. The van der Waals surface area contributed by atoms with Gasteiger partial charge in [0.15, 0.2) is 0 Å². The van der Waals surface area contributed by atoms with Crippen LogP contribution in [-0.2, 0) is 19.4 Å². The number of aliphatic carboxylic acids is 1. The van der Waals surface area contributed by atoms with Crippen LogP contribution in [0.25, 0.3) is 0 Å². The van der Waals surface area contributed by atoms with E-state index in [9.17, 15) is 13.2 Å². The summed E-state index contributed by atoms with van der Waals surface area (Å²) in [5, 5.41) is 7.87. The first-order valence-electron chi connectivity index (χ1n) is 3.31. The van der Waals surface area contributed by atoms with Gasteiger partial charge in [0.05, 0.1) is 6.61 Å². The van der Waals surface area contributed by atoms with Gasteiger partial charge in [0.2, 0.25) is 0 Å². The predicted molar refractivity (Wildman–Crippen MR) is 44.5 cm³/mol. The SMILES string of the molecule is CCOS(=O)(=O)O.C[C@H](N)C(=O)O. The van der Waals surface area contributed by atoms with Gasteiger partial charge >= 0.3 is 16.4 Å². The second-order valence-electron chi connectivity index (χ2n) is 1.96. The summed E-state index contributed by atoms with van der Waals surface area (Å²) in [6.07, 6.45) is 0. The summed E-state index contributed by atoms with van der Waals surface area (Å²) in [5.41, 5.74) is 4.84. The normalized spacial score (nSPS) is 12.6. The Morgan fingerprint density at radius 2 is 1.92 bits per heavy atom. The fourth-order valence-electron chi connectivity index (χ4n) is 0.149. The smallest absolute Gasteiger partial charge is 0.397 e. The van der Waals surface area contributed by atoms with Crippen LogP contribution in [0.2, 0.25) is 0 Å². The van der Waals surface area contributed by atoms with Crippen molar-refractivity contribution in [2.45, 2.75) is 19.9 Å². The van der Waals surface area contributed by atoms with Gasteiger partial charge in [0.25, 0.3) is 0 Å². The van der Waals surface area contributed by atoms with E-state index in [1.807, 2.05) is 0 Å². The van der Waals surface area contributed by atoms with Gasteiger partial charge < -0.3 is 10.8 Å². The maximum atomic E-state index is 9.57.